The van der Waals surface area contributed by atoms with Crippen LogP contribution in [0.1, 0.15) is 32.1 Å². The molecule has 1 aliphatic carbocycles. The fourth-order valence-electron chi connectivity index (χ4n) is 2.15. The van der Waals surface area contributed by atoms with Crippen molar-refractivity contribution in [3.05, 3.63) is 0 Å². The molecule has 0 bridgehead atoms. The van der Waals surface area contributed by atoms with Crippen LogP contribution in [0.4, 0.5) is 0 Å². The number of aliphatic hydroxyl groups is 1. The normalized spacial score (nSPS) is 25.5. The highest BCUT2D eigenvalue weighted by Gasteiger charge is 2.27. The Kier molecular flexibility index (Phi) is 5.65. The van der Waals surface area contributed by atoms with E-state index in [1.54, 1.807) is 0 Å². The molecule has 1 saturated carbocycles. The van der Waals surface area contributed by atoms with Crippen molar-refractivity contribution in [3.8, 4) is 0 Å². The van der Waals surface area contributed by atoms with Crippen LogP contribution in [0.15, 0.2) is 0 Å². The van der Waals surface area contributed by atoms with Crippen molar-refractivity contribution >= 4 is 5.91 Å². The van der Waals surface area contributed by atoms with Gasteiger partial charge >= 0.3 is 0 Å². The van der Waals surface area contributed by atoms with E-state index >= 15 is 0 Å². The van der Waals surface area contributed by atoms with Gasteiger partial charge in [-0.05, 0) is 32.9 Å². The summed E-state index contributed by atoms with van der Waals surface area (Å²) in [6, 6.07) is 0.206. The first-order valence-corrected chi connectivity index (χ1v) is 5.82. The van der Waals surface area contributed by atoms with E-state index in [-0.39, 0.29) is 24.5 Å². The molecule has 0 aromatic rings. The van der Waals surface area contributed by atoms with Gasteiger partial charge in [0.25, 0.3) is 0 Å². The lowest BCUT2D eigenvalue weighted by atomic mass is 10.0. The number of hydrogen-bond acceptors (Lipinski definition) is 3. The summed E-state index contributed by atoms with van der Waals surface area (Å²) < 4.78 is 0. The second kappa shape index (κ2) is 6.80. The molecule has 2 unspecified atom stereocenters. The van der Waals surface area contributed by atoms with Gasteiger partial charge in [0.05, 0.1) is 0 Å². The van der Waals surface area contributed by atoms with Crippen molar-refractivity contribution in [2.24, 2.45) is 5.92 Å². The van der Waals surface area contributed by atoms with E-state index in [1.165, 1.54) is 0 Å². The van der Waals surface area contributed by atoms with Gasteiger partial charge in [-0.2, -0.15) is 0 Å². The quantitative estimate of drug-likeness (QED) is 0.556. The number of nitrogens with one attached hydrogen (secondary N) is 2. The minimum absolute atomic E-state index is 0.121. The van der Waals surface area contributed by atoms with Crippen LogP contribution in [-0.4, -0.2) is 37.3 Å². The molecule has 2 atom stereocenters. The summed E-state index contributed by atoms with van der Waals surface area (Å²) >= 11 is 0. The molecule has 4 nitrogen and oxygen atoms in total. The van der Waals surface area contributed by atoms with E-state index in [9.17, 15) is 4.79 Å². The number of aliphatic hydroxyl groups excluding tert-OH is 1. The van der Waals surface area contributed by atoms with Gasteiger partial charge in [0.2, 0.25) is 5.91 Å². The van der Waals surface area contributed by atoms with E-state index < -0.39 is 0 Å². The third kappa shape index (κ3) is 4.18. The average molecular weight is 214 g/mol. The van der Waals surface area contributed by atoms with Gasteiger partial charge in [0.15, 0.2) is 0 Å². The molecule has 4 heteroatoms. The second-order valence-electron chi connectivity index (χ2n) is 4.25. The van der Waals surface area contributed by atoms with Gasteiger partial charge in [-0.25, -0.2) is 0 Å². The van der Waals surface area contributed by atoms with Crippen LogP contribution in [0.25, 0.3) is 0 Å². The van der Waals surface area contributed by atoms with Crippen LogP contribution in [0.2, 0.25) is 0 Å². The molecular weight excluding hydrogens is 192 g/mol. The van der Waals surface area contributed by atoms with Crippen LogP contribution in [0.3, 0.4) is 0 Å². The van der Waals surface area contributed by atoms with Gasteiger partial charge in [-0.1, -0.05) is 6.42 Å². The zero-order valence-corrected chi connectivity index (χ0v) is 9.46. The molecular formula is C11H22N2O2. The smallest absolute Gasteiger partial charge is 0.220 e. The third-order valence-corrected chi connectivity index (χ3v) is 3.07. The van der Waals surface area contributed by atoms with Crippen molar-refractivity contribution in [1.82, 2.24) is 10.6 Å². The summed E-state index contributed by atoms with van der Waals surface area (Å²) in [5.41, 5.74) is 0. The maximum atomic E-state index is 11.5. The molecule has 88 valence electrons. The Labute approximate surface area is 91.4 Å². The van der Waals surface area contributed by atoms with Crippen molar-refractivity contribution in [3.63, 3.8) is 0 Å². The van der Waals surface area contributed by atoms with Crippen molar-refractivity contribution in [1.29, 1.82) is 0 Å². The molecule has 0 saturated heterocycles. The molecule has 3 N–H and O–H groups in total. The molecule has 15 heavy (non-hydrogen) atoms. The van der Waals surface area contributed by atoms with E-state index in [4.69, 9.17) is 5.11 Å². The molecule has 0 aromatic carbocycles. The highest BCUT2D eigenvalue weighted by molar-refractivity contribution is 5.76. The molecule has 1 aliphatic rings. The van der Waals surface area contributed by atoms with Gasteiger partial charge in [0.1, 0.15) is 0 Å². The summed E-state index contributed by atoms with van der Waals surface area (Å²) in [4.78, 5) is 11.5. The van der Waals surface area contributed by atoms with Crippen LogP contribution >= 0.6 is 0 Å². The molecule has 1 amide bonds. The predicted molar refractivity (Wildman–Crippen MR) is 59.5 cm³/mol. The standard InChI is InChI=1S/C11H22N2O2/c1-12-7-3-6-11(15)13-10-5-2-4-9(10)8-14/h9-10,12,14H,2-8H2,1H3,(H,13,15). The Hall–Kier alpha value is -0.610. The fourth-order valence-corrected chi connectivity index (χ4v) is 2.15. The fraction of sp³-hybridized carbons (Fsp3) is 0.909. The lowest BCUT2D eigenvalue weighted by Gasteiger charge is -2.18. The van der Waals surface area contributed by atoms with Gasteiger partial charge in [-0.15, -0.1) is 0 Å². The van der Waals surface area contributed by atoms with E-state index in [0.717, 1.165) is 32.2 Å². The summed E-state index contributed by atoms with van der Waals surface area (Å²) in [5, 5.41) is 15.1. The maximum absolute atomic E-state index is 11.5. The second-order valence-corrected chi connectivity index (χ2v) is 4.25. The number of carbonyl (C=O) groups is 1. The maximum Gasteiger partial charge on any atom is 0.220 e. The topological polar surface area (TPSA) is 61.4 Å². The first-order valence-electron chi connectivity index (χ1n) is 5.82. The first kappa shape index (κ1) is 12.5. The third-order valence-electron chi connectivity index (χ3n) is 3.07. The summed E-state index contributed by atoms with van der Waals surface area (Å²) in [5.74, 6) is 0.397. The molecule has 0 heterocycles. The lowest BCUT2D eigenvalue weighted by Crippen LogP contribution is -2.38. The number of carbonyl (C=O) groups excluding carboxylic acids is 1. The van der Waals surface area contributed by atoms with Crippen LogP contribution in [-0.2, 0) is 4.79 Å². The predicted octanol–water partition coefficient (Wildman–Crippen LogP) is 0.263. The Morgan fingerprint density at radius 2 is 2.27 bits per heavy atom. The molecule has 0 aliphatic heterocycles. The molecule has 1 rings (SSSR count). The molecule has 0 aromatic heterocycles. The van der Waals surface area contributed by atoms with Crippen LogP contribution in [0.5, 0.6) is 0 Å². The van der Waals surface area contributed by atoms with Gasteiger partial charge in [-0.3, -0.25) is 4.79 Å². The molecule has 1 fully saturated rings. The summed E-state index contributed by atoms with van der Waals surface area (Å²) in [7, 11) is 1.89. The zero-order valence-electron chi connectivity index (χ0n) is 9.46. The number of amides is 1. The van der Waals surface area contributed by atoms with E-state index in [0.29, 0.717) is 6.42 Å². The number of rotatable bonds is 6. The average Bonchev–Trinajstić information content (AvgIpc) is 2.65. The highest BCUT2D eigenvalue weighted by atomic mass is 16.3. The van der Waals surface area contributed by atoms with Crippen LogP contribution in [0, 0.1) is 5.92 Å². The van der Waals surface area contributed by atoms with E-state index in [1.807, 2.05) is 7.05 Å². The first-order chi connectivity index (χ1) is 7.27. The van der Waals surface area contributed by atoms with Gasteiger partial charge in [0, 0.05) is 25.0 Å². The minimum atomic E-state index is 0.121. The highest BCUT2D eigenvalue weighted by Crippen LogP contribution is 2.24. The number of hydrogen-bond donors (Lipinski definition) is 3. The summed E-state index contributed by atoms with van der Waals surface area (Å²) in [6.07, 6.45) is 4.63. The largest absolute Gasteiger partial charge is 0.396 e. The van der Waals surface area contributed by atoms with E-state index in [2.05, 4.69) is 10.6 Å². The van der Waals surface area contributed by atoms with Crippen molar-refractivity contribution in [2.75, 3.05) is 20.2 Å². The van der Waals surface area contributed by atoms with Crippen molar-refractivity contribution in [2.45, 2.75) is 38.1 Å². The minimum Gasteiger partial charge on any atom is -0.396 e. The lowest BCUT2D eigenvalue weighted by molar-refractivity contribution is -0.122. The molecule has 0 spiro atoms. The Morgan fingerprint density at radius 1 is 1.47 bits per heavy atom. The van der Waals surface area contributed by atoms with Crippen molar-refractivity contribution < 1.29 is 9.90 Å². The summed E-state index contributed by atoms with van der Waals surface area (Å²) in [6.45, 7) is 1.07. The molecule has 0 radical (unpaired) electrons. The Morgan fingerprint density at radius 3 is 2.93 bits per heavy atom. The SMILES string of the molecule is CNCCCC(=O)NC1CCCC1CO. The monoisotopic (exact) mass is 214 g/mol. The zero-order chi connectivity index (χ0) is 11.1. The van der Waals surface area contributed by atoms with Gasteiger partial charge < -0.3 is 15.7 Å². The Balaban J connectivity index is 2.19. The Bertz CT molecular complexity index is 197. The van der Waals surface area contributed by atoms with Crippen LogP contribution < -0.4 is 10.6 Å².